The van der Waals surface area contributed by atoms with E-state index >= 15 is 0 Å². The minimum Gasteiger partial charge on any atom is -0.369 e. The predicted molar refractivity (Wildman–Crippen MR) is 159 cm³/mol. The van der Waals surface area contributed by atoms with Crippen LogP contribution in [0.1, 0.15) is 49.9 Å². The molecule has 212 valence electrons. The molecule has 0 saturated carbocycles. The van der Waals surface area contributed by atoms with Crippen molar-refractivity contribution in [2.45, 2.75) is 46.1 Å². The number of likely N-dealkylation sites (N-methyl/N-ethyl adjacent to an activating group) is 2. The van der Waals surface area contributed by atoms with Crippen molar-refractivity contribution in [3.05, 3.63) is 53.2 Å². The number of carbonyl (C=O) groups is 2. The summed E-state index contributed by atoms with van der Waals surface area (Å²) < 4.78 is 0. The van der Waals surface area contributed by atoms with Gasteiger partial charge in [-0.2, -0.15) is 10.2 Å². The topological polar surface area (TPSA) is 126 Å². The molecule has 10 nitrogen and oxygen atoms in total. The Kier molecular flexibility index (Phi) is 13.1. The third kappa shape index (κ3) is 10.4. The van der Waals surface area contributed by atoms with Crippen LogP contribution in [0.15, 0.2) is 36.4 Å². The van der Waals surface area contributed by atoms with Crippen LogP contribution in [0.4, 0.5) is 17.5 Å². The monoisotopic (exact) mass is 544 g/mol. The van der Waals surface area contributed by atoms with Crippen LogP contribution in [0.5, 0.6) is 0 Å². The molecule has 2 amide bonds. The molecule has 0 bridgehead atoms. The normalized spacial score (nSPS) is 11.3. The average molecular weight is 545 g/mol. The molecule has 0 aliphatic rings. The summed E-state index contributed by atoms with van der Waals surface area (Å²) in [5, 5.41) is 18.4. The quantitative estimate of drug-likeness (QED) is 0.199. The maximum atomic E-state index is 12.5. The Morgan fingerprint density at radius 1 is 1.12 bits per heavy atom. The molecule has 10 heteroatoms. The van der Waals surface area contributed by atoms with Crippen LogP contribution in [-0.2, 0) is 9.59 Å². The summed E-state index contributed by atoms with van der Waals surface area (Å²) in [6.07, 6.45) is 5.44. The summed E-state index contributed by atoms with van der Waals surface area (Å²) in [6.45, 7) is 7.53. The van der Waals surface area contributed by atoms with Crippen molar-refractivity contribution < 1.29 is 9.59 Å². The van der Waals surface area contributed by atoms with Crippen LogP contribution in [0.25, 0.3) is 0 Å². The van der Waals surface area contributed by atoms with Gasteiger partial charge in [0.15, 0.2) is 0 Å². The van der Waals surface area contributed by atoms with Crippen molar-refractivity contribution in [3.8, 4) is 17.9 Å². The zero-order chi connectivity index (χ0) is 29.5. The van der Waals surface area contributed by atoms with E-state index in [1.165, 1.54) is 11.0 Å². The Bertz CT molecular complexity index is 1270. The van der Waals surface area contributed by atoms with E-state index in [2.05, 4.69) is 50.8 Å². The molecule has 40 heavy (non-hydrogen) atoms. The van der Waals surface area contributed by atoms with E-state index in [-0.39, 0.29) is 11.8 Å². The molecule has 0 radical (unpaired) electrons. The minimum atomic E-state index is -0.578. The van der Waals surface area contributed by atoms with Gasteiger partial charge in [0.1, 0.15) is 11.9 Å². The molecule has 1 aromatic heterocycles. The molecule has 0 spiro atoms. The van der Waals surface area contributed by atoms with Crippen LogP contribution in [0, 0.1) is 30.1 Å². The second-order valence-corrected chi connectivity index (χ2v) is 9.58. The molecule has 0 fully saturated rings. The third-order valence-corrected chi connectivity index (χ3v) is 5.93. The highest BCUT2D eigenvalue weighted by Gasteiger charge is 2.20. The molecular weight excluding hydrogens is 504 g/mol. The summed E-state index contributed by atoms with van der Waals surface area (Å²) in [5.41, 5.74) is 2.84. The minimum absolute atomic E-state index is 0.203. The molecule has 0 saturated heterocycles. The second-order valence-electron chi connectivity index (χ2n) is 9.58. The fraction of sp³-hybridized carbons (Fsp3) is 0.433. The summed E-state index contributed by atoms with van der Waals surface area (Å²) in [5.74, 6) is 7.05. The number of aromatic nitrogens is 2. The Balaban J connectivity index is 1.94. The Morgan fingerprint density at radius 3 is 2.50 bits per heavy atom. The number of amides is 2. The van der Waals surface area contributed by atoms with Crippen molar-refractivity contribution in [3.63, 3.8) is 0 Å². The van der Waals surface area contributed by atoms with Gasteiger partial charge in [0.2, 0.25) is 17.8 Å². The maximum Gasteiger partial charge on any atom is 0.246 e. The van der Waals surface area contributed by atoms with E-state index < -0.39 is 6.04 Å². The number of nitrogens with one attached hydrogen (secondary N) is 3. The highest BCUT2D eigenvalue weighted by molar-refractivity contribution is 5.92. The second kappa shape index (κ2) is 16.5. The van der Waals surface area contributed by atoms with E-state index in [9.17, 15) is 9.59 Å². The number of unbranched alkanes of at least 4 members (excludes halogenated alkanes) is 1. The fourth-order valence-corrected chi connectivity index (χ4v) is 3.44. The molecule has 1 atom stereocenters. The lowest BCUT2D eigenvalue weighted by atomic mass is 10.2. The third-order valence-electron chi connectivity index (χ3n) is 5.93. The standard InChI is InChI=1S/C30H40N8O2/c1-7-18-32-28-26(22(2)34-30(36-28)35-25-16-14-24(21-31)15-17-25)12-9-8-10-19-33-29(40)23(3)38(6)27(39)13-11-20-37(4)5/h11,13-17,23H,7-8,10,18-20H2,1-6H3,(H,33,40)(H2,32,34,35,36)/b13-11+/t23-/m0/s1. The summed E-state index contributed by atoms with van der Waals surface area (Å²) in [7, 11) is 5.46. The maximum absolute atomic E-state index is 12.5. The number of hydrogen-bond acceptors (Lipinski definition) is 8. The number of anilines is 3. The number of benzene rings is 1. The zero-order valence-corrected chi connectivity index (χ0v) is 24.3. The first-order valence-corrected chi connectivity index (χ1v) is 13.4. The number of aryl methyl sites for hydroxylation is 1. The van der Waals surface area contributed by atoms with E-state index in [4.69, 9.17) is 5.26 Å². The Labute approximate surface area is 237 Å². The lowest BCUT2D eigenvalue weighted by Crippen LogP contribution is -2.45. The first-order chi connectivity index (χ1) is 19.2. The molecule has 0 aliphatic carbocycles. The summed E-state index contributed by atoms with van der Waals surface area (Å²) >= 11 is 0. The number of rotatable bonds is 13. The highest BCUT2D eigenvalue weighted by atomic mass is 16.2. The van der Waals surface area contributed by atoms with E-state index in [1.54, 1.807) is 32.2 Å². The van der Waals surface area contributed by atoms with Crippen molar-refractivity contribution in [1.29, 1.82) is 5.26 Å². The smallest absolute Gasteiger partial charge is 0.246 e. The van der Waals surface area contributed by atoms with Crippen molar-refractivity contribution in [1.82, 2.24) is 25.1 Å². The SMILES string of the molecule is CCCNc1nc(Nc2ccc(C#N)cc2)nc(C)c1C#CCCCNC(=O)[C@H](C)N(C)C(=O)/C=C/CN(C)C. The van der Waals surface area contributed by atoms with Crippen LogP contribution in [0.2, 0.25) is 0 Å². The van der Waals surface area contributed by atoms with Crippen LogP contribution >= 0.6 is 0 Å². The molecule has 0 aliphatic heterocycles. The first kappa shape index (κ1) is 31.8. The highest BCUT2D eigenvalue weighted by Crippen LogP contribution is 2.20. The van der Waals surface area contributed by atoms with Gasteiger partial charge < -0.3 is 25.8 Å². The van der Waals surface area contributed by atoms with Gasteiger partial charge in [-0.25, -0.2) is 4.98 Å². The molecule has 3 N–H and O–H groups in total. The number of hydrogen-bond donors (Lipinski definition) is 3. The van der Waals surface area contributed by atoms with Crippen molar-refractivity contribution >= 4 is 29.3 Å². The van der Waals surface area contributed by atoms with Gasteiger partial charge in [0, 0.05) is 44.9 Å². The van der Waals surface area contributed by atoms with Crippen LogP contribution in [0.3, 0.4) is 0 Å². The van der Waals surface area contributed by atoms with Gasteiger partial charge in [-0.15, -0.1) is 0 Å². The van der Waals surface area contributed by atoms with Gasteiger partial charge in [0.05, 0.1) is 22.9 Å². The molecule has 1 heterocycles. The number of nitrogens with zero attached hydrogens (tertiary/aromatic N) is 5. The van der Waals surface area contributed by atoms with Gasteiger partial charge in [-0.05, 0) is 65.0 Å². The number of nitriles is 1. The lowest BCUT2D eigenvalue weighted by Gasteiger charge is -2.23. The molecule has 0 unspecified atom stereocenters. The zero-order valence-electron chi connectivity index (χ0n) is 24.3. The first-order valence-electron chi connectivity index (χ1n) is 13.4. The van der Waals surface area contributed by atoms with Crippen LogP contribution < -0.4 is 16.0 Å². The molecule has 1 aromatic carbocycles. The fourth-order valence-electron chi connectivity index (χ4n) is 3.44. The lowest BCUT2D eigenvalue weighted by molar-refractivity contribution is -0.135. The van der Waals surface area contributed by atoms with E-state index in [1.807, 2.05) is 38.1 Å². The largest absolute Gasteiger partial charge is 0.369 e. The van der Waals surface area contributed by atoms with Crippen LogP contribution in [-0.4, -0.2) is 78.4 Å². The molecule has 2 aromatic rings. The molecule has 2 rings (SSSR count). The Morgan fingerprint density at radius 2 is 1.85 bits per heavy atom. The predicted octanol–water partition coefficient (Wildman–Crippen LogP) is 3.43. The molecular formula is C30H40N8O2. The van der Waals surface area contributed by atoms with Gasteiger partial charge in [-0.3, -0.25) is 9.59 Å². The van der Waals surface area contributed by atoms with Gasteiger partial charge in [-0.1, -0.05) is 24.8 Å². The summed E-state index contributed by atoms with van der Waals surface area (Å²) in [6, 6.07) is 8.61. The Hall–Kier alpha value is -4.41. The van der Waals surface area contributed by atoms with Gasteiger partial charge >= 0.3 is 0 Å². The van der Waals surface area contributed by atoms with E-state index in [0.717, 1.165) is 29.9 Å². The van der Waals surface area contributed by atoms with Gasteiger partial charge in [0.25, 0.3) is 0 Å². The van der Waals surface area contributed by atoms with Crippen molar-refractivity contribution in [2.75, 3.05) is 51.4 Å². The summed E-state index contributed by atoms with van der Waals surface area (Å²) in [4.78, 5) is 37.3. The average Bonchev–Trinajstić information content (AvgIpc) is 2.93. The van der Waals surface area contributed by atoms with E-state index in [0.29, 0.717) is 43.3 Å². The number of carbonyl (C=O) groups excluding carboxylic acids is 2. The van der Waals surface area contributed by atoms with Crippen molar-refractivity contribution in [2.24, 2.45) is 0 Å².